The molecule has 1 aromatic heterocycles. The van der Waals surface area contributed by atoms with Gasteiger partial charge in [-0.25, -0.2) is 0 Å². The van der Waals surface area contributed by atoms with E-state index in [0.29, 0.717) is 16.4 Å². The van der Waals surface area contributed by atoms with Gasteiger partial charge in [0.15, 0.2) is 5.78 Å². The molecule has 0 bridgehead atoms. The average Bonchev–Trinajstić information content (AvgIpc) is 3.01. The second-order valence-corrected chi connectivity index (χ2v) is 4.83. The molecule has 0 unspecified atom stereocenters. The van der Waals surface area contributed by atoms with Crippen LogP contribution in [0.5, 0.6) is 11.5 Å². The molecule has 1 heterocycles. The molecule has 0 spiro atoms. The van der Waals surface area contributed by atoms with Gasteiger partial charge in [0.2, 0.25) is 0 Å². The molecule has 0 saturated carbocycles. The fourth-order valence-corrected chi connectivity index (χ4v) is 2.27. The topological polar surface area (TPSA) is 47.6 Å². The molecular formula is C15H15NO3S. The van der Waals surface area contributed by atoms with Crippen molar-refractivity contribution in [2.75, 3.05) is 19.5 Å². The summed E-state index contributed by atoms with van der Waals surface area (Å²) in [6, 6.07) is 9.08. The third-order valence-corrected chi connectivity index (χ3v) is 3.53. The highest BCUT2D eigenvalue weighted by Gasteiger charge is 2.04. The largest absolute Gasteiger partial charge is 0.497 e. The van der Waals surface area contributed by atoms with Crippen molar-refractivity contribution in [1.29, 1.82) is 0 Å². The first-order valence-corrected chi connectivity index (χ1v) is 6.85. The van der Waals surface area contributed by atoms with Gasteiger partial charge in [-0.2, -0.15) is 0 Å². The summed E-state index contributed by atoms with van der Waals surface area (Å²) < 4.78 is 10.4. The Morgan fingerprint density at radius 3 is 2.75 bits per heavy atom. The summed E-state index contributed by atoms with van der Waals surface area (Å²) >= 11 is 1.42. The van der Waals surface area contributed by atoms with E-state index in [-0.39, 0.29) is 5.78 Å². The maximum Gasteiger partial charge on any atom is 0.197 e. The number of nitrogens with one attached hydrogen (secondary N) is 1. The predicted octanol–water partition coefficient (Wildman–Crippen LogP) is 3.57. The lowest BCUT2D eigenvalue weighted by Crippen LogP contribution is -1.96. The van der Waals surface area contributed by atoms with Crippen LogP contribution >= 0.6 is 11.3 Å². The fourth-order valence-electron chi connectivity index (χ4n) is 1.63. The average molecular weight is 289 g/mol. The number of ketones is 1. The first kappa shape index (κ1) is 14.1. The van der Waals surface area contributed by atoms with Gasteiger partial charge in [-0.3, -0.25) is 4.79 Å². The van der Waals surface area contributed by atoms with E-state index in [0.717, 1.165) is 5.69 Å². The SMILES string of the molecule is COc1ccc(N/C=C/C(=O)c2cccs2)c(OC)c1. The van der Waals surface area contributed by atoms with Gasteiger partial charge in [0.05, 0.1) is 24.8 Å². The van der Waals surface area contributed by atoms with Crippen LogP contribution in [0.2, 0.25) is 0 Å². The van der Waals surface area contributed by atoms with Gasteiger partial charge in [-0.15, -0.1) is 11.3 Å². The number of methoxy groups -OCH3 is 2. The summed E-state index contributed by atoms with van der Waals surface area (Å²) in [5.74, 6) is 1.34. The monoisotopic (exact) mass is 289 g/mol. The second-order valence-electron chi connectivity index (χ2n) is 3.89. The normalized spacial score (nSPS) is 10.5. The zero-order valence-electron chi connectivity index (χ0n) is 11.3. The van der Waals surface area contributed by atoms with Crippen LogP contribution in [0.15, 0.2) is 48.0 Å². The first-order chi connectivity index (χ1) is 9.74. The minimum Gasteiger partial charge on any atom is -0.497 e. The van der Waals surface area contributed by atoms with Crippen LogP contribution in [0.4, 0.5) is 5.69 Å². The van der Waals surface area contributed by atoms with E-state index >= 15 is 0 Å². The molecule has 0 amide bonds. The van der Waals surface area contributed by atoms with Gasteiger partial charge < -0.3 is 14.8 Å². The third kappa shape index (κ3) is 3.39. The van der Waals surface area contributed by atoms with Crippen LogP contribution in [0.25, 0.3) is 0 Å². The van der Waals surface area contributed by atoms with Crippen LogP contribution in [-0.4, -0.2) is 20.0 Å². The second kappa shape index (κ2) is 6.77. The lowest BCUT2D eigenvalue weighted by Gasteiger charge is -2.09. The number of allylic oxidation sites excluding steroid dienone is 1. The van der Waals surface area contributed by atoms with Crippen LogP contribution in [0.1, 0.15) is 9.67 Å². The zero-order valence-corrected chi connectivity index (χ0v) is 12.1. The Hall–Kier alpha value is -2.27. The van der Waals surface area contributed by atoms with Crippen molar-refractivity contribution >= 4 is 22.8 Å². The van der Waals surface area contributed by atoms with Crippen molar-refractivity contribution in [2.24, 2.45) is 0 Å². The van der Waals surface area contributed by atoms with Gasteiger partial charge in [0.1, 0.15) is 11.5 Å². The van der Waals surface area contributed by atoms with E-state index in [9.17, 15) is 4.79 Å². The van der Waals surface area contributed by atoms with E-state index in [1.54, 1.807) is 32.6 Å². The van der Waals surface area contributed by atoms with Crippen molar-refractivity contribution in [3.8, 4) is 11.5 Å². The van der Waals surface area contributed by atoms with Crippen molar-refractivity contribution in [1.82, 2.24) is 0 Å². The maximum absolute atomic E-state index is 11.8. The molecule has 4 nitrogen and oxygen atoms in total. The minimum atomic E-state index is -0.0278. The van der Waals surface area contributed by atoms with E-state index in [1.165, 1.54) is 17.4 Å². The van der Waals surface area contributed by atoms with Gasteiger partial charge >= 0.3 is 0 Å². The van der Waals surface area contributed by atoms with Crippen molar-refractivity contribution in [3.05, 3.63) is 52.9 Å². The molecule has 1 aromatic carbocycles. The summed E-state index contributed by atoms with van der Waals surface area (Å²) in [5, 5.41) is 4.91. The quantitative estimate of drug-likeness (QED) is 0.652. The smallest absolute Gasteiger partial charge is 0.197 e. The highest BCUT2D eigenvalue weighted by Crippen LogP contribution is 2.28. The molecule has 0 atom stereocenters. The summed E-state index contributed by atoms with van der Waals surface area (Å²) in [5.41, 5.74) is 0.767. The zero-order chi connectivity index (χ0) is 14.4. The van der Waals surface area contributed by atoms with Gasteiger partial charge in [0.25, 0.3) is 0 Å². The van der Waals surface area contributed by atoms with Crippen molar-refractivity contribution in [3.63, 3.8) is 0 Å². The number of rotatable bonds is 6. The molecule has 0 saturated heterocycles. The molecule has 104 valence electrons. The van der Waals surface area contributed by atoms with Crippen LogP contribution in [-0.2, 0) is 0 Å². The Morgan fingerprint density at radius 2 is 2.10 bits per heavy atom. The Morgan fingerprint density at radius 1 is 1.25 bits per heavy atom. The maximum atomic E-state index is 11.8. The molecule has 0 aliphatic heterocycles. The molecule has 0 aliphatic rings. The number of thiophene rings is 1. The van der Waals surface area contributed by atoms with E-state index in [1.807, 2.05) is 23.6 Å². The van der Waals surface area contributed by atoms with E-state index in [4.69, 9.17) is 9.47 Å². The Kier molecular flexibility index (Phi) is 4.79. The summed E-state index contributed by atoms with van der Waals surface area (Å²) in [6.07, 6.45) is 3.10. The molecule has 0 fully saturated rings. The Bertz CT molecular complexity index is 606. The number of ether oxygens (including phenoxy) is 2. The summed E-state index contributed by atoms with van der Waals surface area (Å²) in [4.78, 5) is 12.5. The van der Waals surface area contributed by atoms with Crippen molar-refractivity contribution < 1.29 is 14.3 Å². The number of carbonyl (C=O) groups is 1. The highest BCUT2D eigenvalue weighted by molar-refractivity contribution is 7.12. The summed E-state index contributed by atoms with van der Waals surface area (Å²) in [6.45, 7) is 0. The van der Waals surface area contributed by atoms with Crippen LogP contribution in [0.3, 0.4) is 0 Å². The lowest BCUT2D eigenvalue weighted by molar-refractivity contribution is 0.105. The third-order valence-electron chi connectivity index (χ3n) is 2.65. The van der Waals surface area contributed by atoms with Crippen LogP contribution < -0.4 is 14.8 Å². The first-order valence-electron chi connectivity index (χ1n) is 5.97. The van der Waals surface area contributed by atoms with Crippen LogP contribution in [0, 0.1) is 0 Å². The lowest BCUT2D eigenvalue weighted by atomic mass is 10.2. The molecule has 20 heavy (non-hydrogen) atoms. The fraction of sp³-hybridized carbons (Fsp3) is 0.133. The molecule has 0 radical (unpaired) electrons. The number of benzene rings is 1. The van der Waals surface area contributed by atoms with E-state index < -0.39 is 0 Å². The molecule has 0 aliphatic carbocycles. The minimum absolute atomic E-state index is 0.0278. The number of hydrogen-bond acceptors (Lipinski definition) is 5. The number of carbonyl (C=O) groups excluding carboxylic acids is 1. The summed E-state index contributed by atoms with van der Waals surface area (Å²) in [7, 11) is 3.18. The van der Waals surface area contributed by atoms with Gasteiger partial charge in [-0.05, 0) is 23.6 Å². The number of hydrogen-bond donors (Lipinski definition) is 1. The standard InChI is InChI=1S/C15H15NO3S/c1-18-11-5-6-12(14(10-11)19-2)16-8-7-13(17)15-4-3-9-20-15/h3-10,16H,1-2H3/b8-7+. The molecule has 2 aromatic rings. The molecule has 5 heteroatoms. The predicted molar refractivity (Wildman–Crippen MR) is 81.0 cm³/mol. The Balaban J connectivity index is 2.05. The number of anilines is 1. The van der Waals surface area contributed by atoms with Gasteiger partial charge in [-0.1, -0.05) is 6.07 Å². The van der Waals surface area contributed by atoms with E-state index in [2.05, 4.69) is 5.32 Å². The molecular weight excluding hydrogens is 274 g/mol. The molecule has 1 N–H and O–H groups in total. The molecule has 2 rings (SSSR count). The highest BCUT2D eigenvalue weighted by atomic mass is 32.1. The van der Waals surface area contributed by atoms with Gasteiger partial charge in [0, 0.05) is 18.3 Å². The van der Waals surface area contributed by atoms with Crippen molar-refractivity contribution in [2.45, 2.75) is 0 Å². The Labute approximate surface area is 121 Å².